The molecule has 1 aromatic rings. The van der Waals surface area contributed by atoms with Crippen LogP contribution >= 0.6 is 0 Å². The van der Waals surface area contributed by atoms with E-state index in [0.717, 1.165) is 30.8 Å². The van der Waals surface area contributed by atoms with Gasteiger partial charge in [-0.15, -0.1) is 0 Å². The summed E-state index contributed by atoms with van der Waals surface area (Å²) in [5, 5.41) is 2.74. The van der Waals surface area contributed by atoms with Crippen LogP contribution in [0.4, 0.5) is 10.8 Å². The monoisotopic (exact) mass is 235 g/mol. The first-order valence-corrected chi connectivity index (χ1v) is 6.15. The third-order valence-corrected chi connectivity index (χ3v) is 3.91. The second-order valence-corrected chi connectivity index (χ2v) is 5.08. The summed E-state index contributed by atoms with van der Waals surface area (Å²) < 4.78 is 5.35. The van der Waals surface area contributed by atoms with E-state index in [4.69, 9.17) is 4.42 Å². The molecule has 5 nitrogen and oxygen atoms in total. The summed E-state index contributed by atoms with van der Waals surface area (Å²) in [5.74, 6) is 1.46. The molecule has 2 atom stereocenters. The van der Waals surface area contributed by atoms with Crippen LogP contribution in [0.1, 0.15) is 30.7 Å². The Morgan fingerprint density at radius 2 is 2.29 bits per heavy atom. The van der Waals surface area contributed by atoms with Crippen molar-refractivity contribution < 1.29 is 9.21 Å². The number of aryl methyl sites for hydroxylation is 2. The maximum absolute atomic E-state index is 12.0. The zero-order valence-corrected chi connectivity index (χ0v) is 10.2. The number of urea groups is 1. The van der Waals surface area contributed by atoms with E-state index in [2.05, 4.69) is 10.3 Å². The highest BCUT2D eigenvalue weighted by molar-refractivity contribution is 5.87. The van der Waals surface area contributed by atoms with Gasteiger partial charge < -0.3 is 9.32 Å². The standard InChI is InChI=1S/C12H17N3O2/c1-7-8(2)17-11(13-7)14-12(16)15-6-9-3-4-10(15)5-9/h9-10H,3-6H2,1-2H3,(H,13,14,16)/t9-,10+/m0/s1. The van der Waals surface area contributed by atoms with Crippen LogP contribution in [0.25, 0.3) is 0 Å². The van der Waals surface area contributed by atoms with Gasteiger partial charge in [0.05, 0.1) is 5.69 Å². The molecular formula is C12H17N3O2. The number of hydrogen-bond acceptors (Lipinski definition) is 3. The van der Waals surface area contributed by atoms with Gasteiger partial charge in [0.1, 0.15) is 5.76 Å². The van der Waals surface area contributed by atoms with Gasteiger partial charge in [-0.2, -0.15) is 4.98 Å². The van der Waals surface area contributed by atoms with E-state index in [0.29, 0.717) is 18.0 Å². The summed E-state index contributed by atoms with van der Waals surface area (Å²) in [6, 6.07) is 0.670. The van der Waals surface area contributed by atoms with E-state index >= 15 is 0 Å². The Morgan fingerprint density at radius 1 is 1.47 bits per heavy atom. The van der Waals surface area contributed by atoms with Gasteiger partial charge in [-0.05, 0) is 39.0 Å². The molecule has 0 aromatic carbocycles. The SMILES string of the molecule is Cc1nc(NC(=O)N2C[C@H]3CC[C@@H]2C3)oc1C. The summed E-state index contributed by atoms with van der Waals surface area (Å²) >= 11 is 0. The molecule has 17 heavy (non-hydrogen) atoms. The van der Waals surface area contributed by atoms with Crippen LogP contribution in [0.2, 0.25) is 0 Å². The number of likely N-dealkylation sites (tertiary alicyclic amines) is 1. The molecule has 3 rings (SSSR count). The van der Waals surface area contributed by atoms with Gasteiger partial charge in [0, 0.05) is 12.6 Å². The summed E-state index contributed by atoms with van der Waals surface area (Å²) in [7, 11) is 0. The van der Waals surface area contributed by atoms with Gasteiger partial charge in [-0.25, -0.2) is 4.79 Å². The predicted octanol–water partition coefficient (Wildman–Crippen LogP) is 2.31. The average Bonchev–Trinajstić information content (AvgIpc) is 2.95. The van der Waals surface area contributed by atoms with Crippen LogP contribution in [0.5, 0.6) is 0 Å². The van der Waals surface area contributed by atoms with Crippen molar-refractivity contribution in [2.75, 3.05) is 11.9 Å². The van der Waals surface area contributed by atoms with Crippen LogP contribution < -0.4 is 5.32 Å². The van der Waals surface area contributed by atoms with E-state index in [1.807, 2.05) is 18.7 Å². The first-order chi connectivity index (χ1) is 8.13. The molecule has 1 N–H and O–H groups in total. The van der Waals surface area contributed by atoms with E-state index in [1.54, 1.807) is 0 Å². The van der Waals surface area contributed by atoms with Crippen LogP contribution in [0.15, 0.2) is 4.42 Å². The average molecular weight is 235 g/mol. The number of aromatic nitrogens is 1. The van der Waals surface area contributed by atoms with E-state index in [9.17, 15) is 4.79 Å². The normalized spacial score (nSPS) is 26.6. The topological polar surface area (TPSA) is 58.4 Å². The van der Waals surface area contributed by atoms with Gasteiger partial charge in [0.2, 0.25) is 0 Å². The lowest BCUT2D eigenvalue weighted by atomic mass is 10.1. The maximum Gasteiger partial charge on any atom is 0.325 e. The smallest absolute Gasteiger partial charge is 0.325 e. The number of nitrogens with zero attached hydrogens (tertiary/aromatic N) is 2. The molecule has 2 amide bonds. The Kier molecular flexibility index (Phi) is 2.34. The molecule has 1 saturated carbocycles. The van der Waals surface area contributed by atoms with Crippen molar-refractivity contribution in [3.8, 4) is 0 Å². The lowest BCUT2D eigenvalue weighted by Crippen LogP contribution is -2.40. The van der Waals surface area contributed by atoms with Gasteiger partial charge in [0.25, 0.3) is 0 Å². The molecule has 0 unspecified atom stereocenters. The zero-order valence-electron chi connectivity index (χ0n) is 10.2. The molecule has 92 valence electrons. The third-order valence-electron chi connectivity index (χ3n) is 3.91. The lowest BCUT2D eigenvalue weighted by Gasteiger charge is -2.26. The second-order valence-electron chi connectivity index (χ2n) is 5.08. The highest BCUT2D eigenvalue weighted by atomic mass is 16.4. The van der Waals surface area contributed by atoms with Crippen molar-refractivity contribution in [1.82, 2.24) is 9.88 Å². The fraction of sp³-hybridized carbons (Fsp3) is 0.667. The van der Waals surface area contributed by atoms with Gasteiger partial charge in [-0.3, -0.25) is 5.32 Å². The van der Waals surface area contributed by atoms with Crippen molar-refractivity contribution in [3.05, 3.63) is 11.5 Å². The Labute approximate surface area is 100 Å². The molecule has 5 heteroatoms. The molecule has 2 fully saturated rings. The molecule has 2 bridgehead atoms. The number of carbonyl (C=O) groups excluding carboxylic acids is 1. The fourth-order valence-electron chi connectivity index (χ4n) is 2.86. The number of nitrogens with one attached hydrogen (secondary N) is 1. The summed E-state index contributed by atoms with van der Waals surface area (Å²) in [6.07, 6.45) is 3.57. The predicted molar refractivity (Wildman–Crippen MR) is 62.8 cm³/mol. The fourth-order valence-corrected chi connectivity index (χ4v) is 2.86. The highest BCUT2D eigenvalue weighted by Gasteiger charge is 2.40. The third kappa shape index (κ3) is 1.79. The lowest BCUT2D eigenvalue weighted by molar-refractivity contribution is 0.194. The second kappa shape index (κ2) is 3.75. The Morgan fingerprint density at radius 3 is 2.82 bits per heavy atom. The van der Waals surface area contributed by atoms with Crippen molar-refractivity contribution in [1.29, 1.82) is 0 Å². The van der Waals surface area contributed by atoms with Crippen LogP contribution in [-0.2, 0) is 0 Å². The molecule has 1 saturated heterocycles. The van der Waals surface area contributed by atoms with Crippen LogP contribution in [0, 0.1) is 19.8 Å². The molecule has 2 aliphatic rings. The number of amides is 2. The quantitative estimate of drug-likeness (QED) is 0.812. The zero-order chi connectivity index (χ0) is 12.0. The van der Waals surface area contributed by atoms with E-state index in [1.165, 1.54) is 6.42 Å². The van der Waals surface area contributed by atoms with Crippen molar-refractivity contribution in [2.45, 2.75) is 39.2 Å². The minimum atomic E-state index is -0.0709. The molecule has 1 aromatic heterocycles. The highest BCUT2D eigenvalue weighted by Crippen LogP contribution is 2.37. The number of oxazole rings is 1. The molecule has 2 heterocycles. The number of anilines is 1. The number of rotatable bonds is 1. The Hall–Kier alpha value is -1.52. The number of hydrogen-bond donors (Lipinski definition) is 1. The van der Waals surface area contributed by atoms with Crippen molar-refractivity contribution >= 4 is 12.0 Å². The largest absolute Gasteiger partial charge is 0.428 e. The summed E-state index contributed by atoms with van der Waals surface area (Å²) in [6.45, 7) is 4.59. The molecule has 0 radical (unpaired) electrons. The molecule has 1 aliphatic carbocycles. The van der Waals surface area contributed by atoms with E-state index in [-0.39, 0.29) is 6.03 Å². The minimum Gasteiger partial charge on any atom is -0.428 e. The van der Waals surface area contributed by atoms with Crippen LogP contribution in [-0.4, -0.2) is 28.5 Å². The first-order valence-electron chi connectivity index (χ1n) is 6.15. The van der Waals surface area contributed by atoms with Gasteiger partial charge in [0.15, 0.2) is 0 Å². The van der Waals surface area contributed by atoms with E-state index < -0.39 is 0 Å². The Balaban J connectivity index is 1.67. The van der Waals surface area contributed by atoms with Crippen LogP contribution in [0.3, 0.4) is 0 Å². The van der Waals surface area contributed by atoms with Gasteiger partial charge in [-0.1, -0.05) is 0 Å². The number of fused-ring (bicyclic) bond motifs is 2. The number of carbonyl (C=O) groups is 1. The maximum atomic E-state index is 12.0. The van der Waals surface area contributed by atoms with Crippen molar-refractivity contribution in [2.24, 2.45) is 5.92 Å². The molecule has 0 spiro atoms. The van der Waals surface area contributed by atoms with Gasteiger partial charge >= 0.3 is 12.0 Å². The molecule has 1 aliphatic heterocycles. The first kappa shape index (κ1) is 10.6. The minimum absolute atomic E-state index is 0.0709. The van der Waals surface area contributed by atoms with Crippen molar-refractivity contribution in [3.63, 3.8) is 0 Å². The molecular weight excluding hydrogens is 218 g/mol. The summed E-state index contributed by atoms with van der Waals surface area (Å²) in [5.41, 5.74) is 0.822. The summed E-state index contributed by atoms with van der Waals surface area (Å²) in [4.78, 5) is 18.1. The Bertz CT molecular complexity index is 435. The number of piperidine rings is 1.